The lowest BCUT2D eigenvalue weighted by atomic mass is 9.91. The number of hydrogen-bond donors (Lipinski definition) is 2. The summed E-state index contributed by atoms with van der Waals surface area (Å²) in [5, 5.41) is 21.4. The summed E-state index contributed by atoms with van der Waals surface area (Å²) in [6, 6.07) is 3.32. The van der Waals surface area contributed by atoms with E-state index in [1.165, 1.54) is 0 Å². The lowest BCUT2D eigenvalue weighted by Gasteiger charge is -2.36. The van der Waals surface area contributed by atoms with Crippen molar-refractivity contribution in [1.29, 1.82) is 0 Å². The second kappa shape index (κ2) is 6.48. The van der Waals surface area contributed by atoms with Crippen LogP contribution in [0.1, 0.15) is 62.8 Å². The zero-order valence-corrected chi connectivity index (χ0v) is 18.1. The molecule has 2 heterocycles. The first-order valence-electron chi connectivity index (χ1n) is 10.2. The number of aryl methyl sites for hydroxylation is 2. The van der Waals surface area contributed by atoms with Gasteiger partial charge in [0.05, 0.1) is 0 Å². The quantitative estimate of drug-likeness (QED) is 0.678. The number of rotatable bonds is 2. The van der Waals surface area contributed by atoms with E-state index in [9.17, 15) is 10.2 Å². The number of ether oxygens (including phenoxy) is 3. The zero-order chi connectivity index (χ0) is 21.1. The van der Waals surface area contributed by atoms with Gasteiger partial charge in [-0.25, -0.2) is 0 Å². The summed E-state index contributed by atoms with van der Waals surface area (Å²) in [6.07, 6.45) is 3.08. The van der Waals surface area contributed by atoms with Gasteiger partial charge >= 0.3 is 0 Å². The lowest BCUT2D eigenvalue weighted by Crippen LogP contribution is -2.33. The predicted octanol–water partition coefficient (Wildman–Crippen LogP) is 5.71. The highest BCUT2D eigenvalue weighted by Crippen LogP contribution is 2.51. The van der Waals surface area contributed by atoms with E-state index >= 15 is 0 Å². The van der Waals surface area contributed by atoms with Crippen LogP contribution < -0.4 is 14.2 Å². The Bertz CT molecular complexity index is 908. The topological polar surface area (TPSA) is 68.2 Å². The van der Waals surface area contributed by atoms with Crippen molar-refractivity contribution in [2.75, 3.05) is 0 Å². The molecule has 0 aromatic heterocycles. The van der Waals surface area contributed by atoms with Gasteiger partial charge in [0, 0.05) is 11.1 Å². The van der Waals surface area contributed by atoms with E-state index in [0.29, 0.717) is 11.5 Å². The van der Waals surface area contributed by atoms with Crippen LogP contribution in [0.25, 0.3) is 0 Å². The highest BCUT2D eigenvalue weighted by molar-refractivity contribution is 5.63. The standard InChI is InChI=1S/C24H30O5/c1-13-11-17(25)21(15-7-9-23(3,4)28-19(13)15)27-22-16-8-10-24(5,6)29-20(16)14(2)12-18(22)26/h11-12,25-26H,7-10H2,1-6H3. The number of phenolic OH excluding ortho intramolecular Hbond substituents is 2. The van der Waals surface area contributed by atoms with Gasteiger partial charge in [0.25, 0.3) is 0 Å². The van der Waals surface area contributed by atoms with Gasteiger partial charge in [-0.3, -0.25) is 0 Å². The van der Waals surface area contributed by atoms with E-state index < -0.39 is 0 Å². The number of benzene rings is 2. The van der Waals surface area contributed by atoms with Crippen LogP contribution in [0.15, 0.2) is 12.1 Å². The van der Waals surface area contributed by atoms with Crippen molar-refractivity contribution in [3.63, 3.8) is 0 Å². The zero-order valence-electron chi connectivity index (χ0n) is 18.1. The van der Waals surface area contributed by atoms with E-state index in [1.54, 1.807) is 12.1 Å². The predicted molar refractivity (Wildman–Crippen MR) is 112 cm³/mol. The molecular formula is C24H30O5. The van der Waals surface area contributed by atoms with Crippen LogP contribution in [0, 0.1) is 13.8 Å². The minimum Gasteiger partial charge on any atom is -0.504 e. The van der Waals surface area contributed by atoms with Crippen LogP contribution in [0.5, 0.6) is 34.5 Å². The Morgan fingerprint density at radius 1 is 0.759 bits per heavy atom. The second-order valence-corrected chi connectivity index (χ2v) is 9.52. The first-order chi connectivity index (χ1) is 13.5. The minimum absolute atomic E-state index is 0.0512. The summed E-state index contributed by atoms with van der Waals surface area (Å²) in [6.45, 7) is 12.1. The SMILES string of the molecule is Cc1cc(O)c(Oc2c(O)cc(C)c3c2CCC(C)(C)O3)c2c1OC(C)(C)CC2. The molecule has 0 spiro atoms. The molecule has 156 valence electrons. The third-order valence-electron chi connectivity index (χ3n) is 5.90. The van der Waals surface area contributed by atoms with Crippen molar-refractivity contribution in [2.45, 2.75) is 78.4 Å². The molecule has 0 amide bonds. The van der Waals surface area contributed by atoms with Gasteiger partial charge in [-0.15, -0.1) is 0 Å². The second-order valence-electron chi connectivity index (χ2n) is 9.52. The molecule has 2 N–H and O–H groups in total. The van der Waals surface area contributed by atoms with Gasteiger partial charge in [-0.2, -0.15) is 0 Å². The van der Waals surface area contributed by atoms with Gasteiger partial charge in [0.1, 0.15) is 22.7 Å². The molecular weight excluding hydrogens is 368 g/mol. The highest BCUT2D eigenvalue weighted by atomic mass is 16.5. The first-order valence-corrected chi connectivity index (χ1v) is 10.2. The molecule has 5 nitrogen and oxygen atoms in total. The van der Waals surface area contributed by atoms with Crippen LogP contribution >= 0.6 is 0 Å². The molecule has 0 atom stereocenters. The Morgan fingerprint density at radius 3 is 1.52 bits per heavy atom. The molecule has 0 radical (unpaired) electrons. The Kier molecular flexibility index (Phi) is 4.41. The third kappa shape index (κ3) is 3.47. The average Bonchev–Trinajstić information content (AvgIpc) is 2.60. The molecule has 4 rings (SSSR count). The summed E-state index contributed by atoms with van der Waals surface area (Å²) in [5.41, 5.74) is 2.89. The monoisotopic (exact) mass is 398 g/mol. The van der Waals surface area contributed by atoms with Gasteiger partial charge in [0.2, 0.25) is 0 Å². The van der Waals surface area contributed by atoms with Crippen molar-refractivity contribution >= 4 is 0 Å². The highest BCUT2D eigenvalue weighted by Gasteiger charge is 2.34. The van der Waals surface area contributed by atoms with Crippen LogP contribution in [-0.4, -0.2) is 21.4 Å². The van der Waals surface area contributed by atoms with Gasteiger partial charge in [-0.1, -0.05) is 0 Å². The fourth-order valence-corrected chi connectivity index (χ4v) is 4.24. The molecule has 0 saturated heterocycles. The lowest BCUT2D eigenvalue weighted by molar-refractivity contribution is 0.0815. The summed E-state index contributed by atoms with van der Waals surface area (Å²) in [4.78, 5) is 0. The van der Waals surface area contributed by atoms with E-state index in [4.69, 9.17) is 14.2 Å². The fourth-order valence-electron chi connectivity index (χ4n) is 4.24. The molecule has 2 aromatic carbocycles. The minimum atomic E-state index is -0.267. The maximum atomic E-state index is 10.7. The van der Waals surface area contributed by atoms with Crippen molar-refractivity contribution < 1.29 is 24.4 Å². The number of phenols is 2. The Hall–Kier alpha value is -2.56. The molecule has 0 unspecified atom stereocenters. The van der Waals surface area contributed by atoms with Gasteiger partial charge in [0.15, 0.2) is 23.0 Å². The summed E-state index contributed by atoms with van der Waals surface area (Å²) >= 11 is 0. The normalized spacial score (nSPS) is 18.8. The van der Waals surface area contributed by atoms with Crippen LogP contribution in [0.4, 0.5) is 0 Å². The van der Waals surface area contributed by atoms with Crippen LogP contribution in [0.3, 0.4) is 0 Å². The average molecular weight is 398 g/mol. The number of fused-ring (bicyclic) bond motifs is 2. The molecule has 29 heavy (non-hydrogen) atoms. The van der Waals surface area contributed by atoms with Gasteiger partial charge in [-0.05, 0) is 90.5 Å². The van der Waals surface area contributed by atoms with E-state index in [0.717, 1.165) is 59.4 Å². The molecule has 0 saturated carbocycles. The summed E-state index contributed by atoms with van der Waals surface area (Å²) in [7, 11) is 0. The third-order valence-corrected chi connectivity index (χ3v) is 5.90. The van der Waals surface area contributed by atoms with Crippen LogP contribution in [0.2, 0.25) is 0 Å². The van der Waals surface area contributed by atoms with Crippen LogP contribution in [-0.2, 0) is 12.8 Å². The summed E-state index contributed by atoms with van der Waals surface area (Å²) < 4.78 is 18.6. The molecule has 2 aliphatic heterocycles. The smallest absolute Gasteiger partial charge is 0.176 e. The molecule has 5 heteroatoms. The first kappa shape index (κ1) is 19.7. The molecule has 2 aromatic rings. The number of hydrogen-bond acceptors (Lipinski definition) is 5. The van der Waals surface area contributed by atoms with Crippen molar-refractivity contribution in [3.05, 3.63) is 34.4 Å². The maximum absolute atomic E-state index is 10.7. The molecule has 2 aliphatic rings. The Labute approximate surface area is 172 Å². The van der Waals surface area contributed by atoms with E-state index in [-0.39, 0.29) is 22.7 Å². The van der Waals surface area contributed by atoms with Crippen molar-refractivity contribution in [1.82, 2.24) is 0 Å². The van der Waals surface area contributed by atoms with Crippen molar-refractivity contribution in [3.8, 4) is 34.5 Å². The molecule has 0 aliphatic carbocycles. The summed E-state index contributed by atoms with van der Waals surface area (Å²) in [5.74, 6) is 2.32. The van der Waals surface area contributed by atoms with E-state index in [1.807, 2.05) is 13.8 Å². The van der Waals surface area contributed by atoms with E-state index in [2.05, 4.69) is 27.7 Å². The molecule has 0 bridgehead atoms. The largest absolute Gasteiger partial charge is 0.504 e. The maximum Gasteiger partial charge on any atom is 0.176 e. The van der Waals surface area contributed by atoms with Crippen molar-refractivity contribution in [2.24, 2.45) is 0 Å². The Balaban J connectivity index is 1.82. The number of aromatic hydroxyl groups is 2. The molecule has 0 fully saturated rings. The Morgan fingerprint density at radius 2 is 1.14 bits per heavy atom. The van der Waals surface area contributed by atoms with Gasteiger partial charge < -0.3 is 24.4 Å². The fraction of sp³-hybridized carbons (Fsp3) is 0.500.